The van der Waals surface area contributed by atoms with Crippen LogP contribution in [0.4, 0.5) is 0 Å². The number of benzene rings is 3. The van der Waals surface area contributed by atoms with Gasteiger partial charge in [-0.3, -0.25) is 19.2 Å². The molecule has 0 aliphatic rings. The lowest BCUT2D eigenvalue weighted by Crippen LogP contribution is -2.56. The van der Waals surface area contributed by atoms with E-state index < -0.39 is 48.2 Å². The third-order valence-electron chi connectivity index (χ3n) is 6.17. The number of aliphatic hydroxyl groups is 1. The van der Waals surface area contributed by atoms with Gasteiger partial charge in [0.05, 0.1) is 13.2 Å². The van der Waals surface area contributed by atoms with E-state index in [2.05, 4.69) is 16.0 Å². The van der Waals surface area contributed by atoms with Crippen molar-refractivity contribution in [3.63, 3.8) is 0 Å². The van der Waals surface area contributed by atoms with Crippen LogP contribution in [0.5, 0.6) is 5.75 Å². The topological polar surface area (TPSA) is 160 Å². The van der Waals surface area contributed by atoms with Crippen LogP contribution in [0.2, 0.25) is 0 Å². The summed E-state index contributed by atoms with van der Waals surface area (Å²) in [6.45, 7) is 0.200. The number of hydrogen-bond donors (Lipinski definition) is 5. The zero-order chi connectivity index (χ0) is 28.9. The molecule has 0 saturated heterocycles. The van der Waals surface area contributed by atoms with Crippen molar-refractivity contribution in [1.82, 2.24) is 16.0 Å². The maximum Gasteiger partial charge on any atom is 0.251 e. The molecule has 0 bridgehead atoms. The van der Waals surface area contributed by atoms with Crippen molar-refractivity contribution in [3.05, 3.63) is 102 Å². The van der Waals surface area contributed by atoms with Crippen molar-refractivity contribution in [1.29, 1.82) is 0 Å². The number of aliphatic hydroxyl groups excluding tert-OH is 1. The summed E-state index contributed by atoms with van der Waals surface area (Å²) in [6.07, 6.45) is -1.95. The maximum atomic E-state index is 13.5. The Labute approximate surface area is 232 Å². The van der Waals surface area contributed by atoms with Crippen molar-refractivity contribution in [2.75, 3.05) is 7.11 Å². The smallest absolute Gasteiger partial charge is 0.251 e. The molecule has 0 aromatic heterocycles. The van der Waals surface area contributed by atoms with Crippen LogP contribution in [-0.2, 0) is 38.6 Å². The van der Waals surface area contributed by atoms with Crippen LogP contribution in [0.1, 0.15) is 23.1 Å². The molecule has 0 aliphatic carbocycles. The van der Waals surface area contributed by atoms with E-state index in [1.807, 2.05) is 60.7 Å². The molecule has 0 heterocycles. The average molecular weight is 547 g/mol. The SMILES string of the molecule is COc1ccc(C[C@H](NC(=O)CC(N)=O)C(=O)N[C@@H](Cc2ccccc2)[C@H](O)C(=O)NCc2ccccc2)cc1. The monoisotopic (exact) mass is 546 g/mol. The van der Waals surface area contributed by atoms with Gasteiger partial charge in [-0.2, -0.15) is 0 Å². The van der Waals surface area contributed by atoms with Gasteiger partial charge >= 0.3 is 0 Å². The van der Waals surface area contributed by atoms with Crippen molar-refractivity contribution in [3.8, 4) is 5.75 Å². The second-order valence-corrected chi connectivity index (χ2v) is 9.27. The van der Waals surface area contributed by atoms with Gasteiger partial charge in [-0.05, 0) is 35.2 Å². The number of rotatable bonds is 14. The minimum absolute atomic E-state index is 0.0781. The van der Waals surface area contributed by atoms with Gasteiger partial charge in [-0.15, -0.1) is 0 Å². The number of amides is 4. The maximum absolute atomic E-state index is 13.5. The first-order chi connectivity index (χ1) is 19.2. The van der Waals surface area contributed by atoms with E-state index in [-0.39, 0.29) is 19.4 Å². The Kier molecular flexibility index (Phi) is 11.2. The summed E-state index contributed by atoms with van der Waals surface area (Å²) in [5.74, 6) is -2.23. The Bertz CT molecular complexity index is 1270. The third kappa shape index (κ3) is 9.55. The van der Waals surface area contributed by atoms with Crippen LogP contribution < -0.4 is 26.4 Å². The molecule has 3 aromatic carbocycles. The summed E-state index contributed by atoms with van der Waals surface area (Å²) < 4.78 is 5.17. The molecule has 0 fully saturated rings. The van der Waals surface area contributed by atoms with Gasteiger partial charge in [0.25, 0.3) is 5.91 Å². The van der Waals surface area contributed by atoms with Crippen LogP contribution >= 0.6 is 0 Å². The number of nitrogens with two attached hydrogens (primary N) is 1. The van der Waals surface area contributed by atoms with E-state index in [1.54, 1.807) is 24.3 Å². The number of ether oxygens (including phenoxy) is 1. The first-order valence-corrected chi connectivity index (χ1v) is 12.8. The Hall–Kier alpha value is -4.70. The molecule has 10 heteroatoms. The van der Waals surface area contributed by atoms with Crippen molar-refractivity contribution < 1.29 is 29.0 Å². The van der Waals surface area contributed by atoms with E-state index in [9.17, 15) is 24.3 Å². The Morgan fingerprint density at radius 2 is 1.35 bits per heavy atom. The Morgan fingerprint density at radius 3 is 1.93 bits per heavy atom. The molecule has 6 N–H and O–H groups in total. The molecule has 3 aromatic rings. The highest BCUT2D eigenvalue weighted by atomic mass is 16.5. The highest BCUT2D eigenvalue weighted by molar-refractivity contribution is 5.98. The second kappa shape index (κ2) is 15.0. The van der Waals surface area contributed by atoms with Gasteiger partial charge in [0.1, 0.15) is 18.2 Å². The van der Waals surface area contributed by atoms with Gasteiger partial charge in [0.15, 0.2) is 6.10 Å². The quantitative estimate of drug-likeness (QED) is 0.190. The van der Waals surface area contributed by atoms with Crippen LogP contribution in [0.15, 0.2) is 84.9 Å². The predicted octanol–water partition coefficient (Wildman–Crippen LogP) is 1.00. The molecule has 4 amide bonds. The van der Waals surface area contributed by atoms with Crippen LogP contribution in [0.3, 0.4) is 0 Å². The van der Waals surface area contributed by atoms with E-state index in [1.165, 1.54) is 7.11 Å². The lowest BCUT2D eigenvalue weighted by Gasteiger charge is -2.27. The van der Waals surface area contributed by atoms with Gasteiger partial charge in [0.2, 0.25) is 17.7 Å². The van der Waals surface area contributed by atoms with Gasteiger partial charge in [-0.1, -0.05) is 72.8 Å². The molecule has 3 rings (SSSR count). The average Bonchev–Trinajstić information content (AvgIpc) is 2.95. The zero-order valence-electron chi connectivity index (χ0n) is 22.2. The Morgan fingerprint density at radius 1 is 0.775 bits per heavy atom. The molecule has 3 atom stereocenters. The highest BCUT2D eigenvalue weighted by Crippen LogP contribution is 2.14. The molecule has 0 saturated carbocycles. The van der Waals surface area contributed by atoms with Crippen molar-refractivity contribution in [2.45, 2.75) is 44.0 Å². The van der Waals surface area contributed by atoms with E-state index >= 15 is 0 Å². The predicted molar refractivity (Wildman–Crippen MR) is 149 cm³/mol. The molecule has 210 valence electrons. The summed E-state index contributed by atoms with van der Waals surface area (Å²) in [6, 6.07) is 23.1. The Balaban J connectivity index is 1.79. The molecule has 40 heavy (non-hydrogen) atoms. The molecule has 0 unspecified atom stereocenters. The minimum Gasteiger partial charge on any atom is -0.497 e. The first-order valence-electron chi connectivity index (χ1n) is 12.8. The van der Waals surface area contributed by atoms with E-state index in [0.29, 0.717) is 11.3 Å². The zero-order valence-corrected chi connectivity index (χ0v) is 22.2. The molecule has 0 aliphatic heterocycles. The van der Waals surface area contributed by atoms with Crippen LogP contribution in [-0.4, -0.2) is 54.0 Å². The second-order valence-electron chi connectivity index (χ2n) is 9.27. The lowest BCUT2D eigenvalue weighted by atomic mass is 9.99. The number of carbonyl (C=O) groups is 4. The minimum atomic E-state index is -1.59. The standard InChI is InChI=1S/C30H34N4O6/c1-40-23-14-12-21(13-15-23)17-25(33-27(36)18-26(31)35)29(38)34-24(16-20-8-4-2-5-9-20)28(37)30(39)32-19-22-10-6-3-7-11-22/h2-15,24-25,28,37H,16-19H2,1H3,(H2,31,35)(H,32,39)(H,33,36)(H,34,38)/t24-,25-,28-/m0/s1. The summed E-state index contributed by atoms with van der Waals surface area (Å²) >= 11 is 0. The fraction of sp³-hybridized carbons (Fsp3) is 0.267. The number of nitrogens with one attached hydrogen (secondary N) is 3. The van der Waals surface area contributed by atoms with Gasteiger partial charge in [0, 0.05) is 13.0 Å². The molecule has 10 nitrogen and oxygen atoms in total. The summed E-state index contributed by atoms with van der Waals surface area (Å²) in [5, 5.41) is 19.0. The summed E-state index contributed by atoms with van der Waals surface area (Å²) in [7, 11) is 1.53. The summed E-state index contributed by atoms with van der Waals surface area (Å²) in [5.41, 5.74) is 7.49. The van der Waals surface area contributed by atoms with E-state index in [0.717, 1.165) is 11.1 Å². The lowest BCUT2D eigenvalue weighted by molar-refractivity contribution is -0.135. The fourth-order valence-corrected chi connectivity index (χ4v) is 4.08. The fourth-order valence-electron chi connectivity index (χ4n) is 4.08. The van der Waals surface area contributed by atoms with Crippen LogP contribution in [0.25, 0.3) is 0 Å². The molecule has 0 radical (unpaired) electrons. The van der Waals surface area contributed by atoms with Gasteiger partial charge < -0.3 is 31.5 Å². The third-order valence-corrected chi connectivity index (χ3v) is 6.17. The summed E-state index contributed by atoms with van der Waals surface area (Å²) in [4.78, 5) is 50.0. The number of methoxy groups -OCH3 is 1. The van der Waals surface area contributed by atoms with E-state index in [4.69, 9.17) is 10.5 Å². The van der Waals surface area contributed by atoms with Crippen molar-refractivity contribution in [2.24, 2.45) is 5.73 Å². The number of primary amides is 1. The van der Waals surface area contributed by atoms with Gasteiger partial charge in [-0.25, -0.2) is 0 Å². The largest absolute Gasteiger partial charge is 0.497 e. The molecular weight excluding hydrogens is 512 g/mol. The van der Waals surface area contributed by atoms with Crippen LogP contribution in [0, 0.1) is 0 Å². The normalized spacial score (nSPS) is 12.8. The van der Waals surface area contributed by atoms with Crippen molar-refractivity contribution >= 4 is 23.6 Å². The molecule has 0 spiro atoms. The number of hydrogen-bond acceptors (Lipinski definition) is 6. The number of carbonyl (C=O) groups excluding carboxylic acids is 4. The first kappa shape index (κ1) is 29.9. The molecular formula is C30H34N4O6. The highest BCUT2D eigenvalue weighted by Gasteiger charge is 2.31.